The first-order valence-corrected chi connectivity index (χ1v) is 8.31. The van der Waals surface area contributed by atoms with Crippen LogP contribution in [0.15, 0.2) is 18.2 Å². The average Bonchev–Trinajstić information content (AvgIpc) is 2.78. The van der Waals surface area contributed by atoms with E-state index in [9.17, 15) is 0 Å². The van der Waals surface area contributed by atoms with E-state index in [2.05, 4.69) is 41.9 Å². The lowest BCUT2D eigenvalue weighted by atomic mass is 9.86. The van der Waals surface area contributed by atoms with E-state index in [1.165, 1.54) is 36.2 Å². The third-order valence-corrected chi connectivity index (χ3v) is 5.30. The second-order valence-corrected chi connectivity index (χ2v) is 7.27. The maximum absolute atomic E-state index is 5.77. The van der Waals surface area contributed by atoms with Gasteiger partial charge >= 0.3 is 0 Å². The summed E-state index contributed by atoms with van der Waals surface area (Å²) < 4.78 is 1.21. The molecule has 0 saturated carbocycles. The summed E-state index contributed by atoms with van der Waals surface area (Å²) in [5, 5.41) is 0.662. The number of nitrogens with zero attached hydrogens (tertiary/aromatic N) is 2. The predicted octanol–water partition coefficient (Wildman–Crippen LogP) is 3.75. The van der Waals surface area contributed by atoms with Gasteiger partial charge in [-0.3, -0.25) is 4.90 Å². The van der Waals surface area contributed by atoms with Gasteiger partial charge in [0.2, 0.25) is 0 Å². The van der Waals surface area contributed by atoms with Crippen molar-refractivity contribution in [2.75, 3.05) is 18.8 Å². The molecule has 20 heavy (non-hydrogen) atoms. The molecule has 0 bridgehead atoms. The summed E-state index contributed by atoms with van der Waals surface area (Å²) >= 11 is 1.58. The molecule has 1 aromatic carbocycles. The molecule has 1 fully saturated rings. The first kappa shape index (κ1) is 13.8. The van der Waals surface area contributed by atoms with Gasteiger partial charge in [0.1, 0.15) is 0 Å². The molecule has 2 aromatic rings. The molecule has 0 aliphatic carbocycles. The number of benzene rings is 1. The van der Waals surface area contributed by atoms with Crippen molar-refractivity contribution in [2.24, 2.45) is 11.8 Å². The van der Waals surface area contributed by atoms with E-state index in [1.54, 1.807) is 11.3 Å². The van der Waals surface area contributed by atoms with Gasteiger partial charge in [0.25, 0.3) is 0 Å². The standard InChI is InChI=1S/C16H23N3S/c1-11(2)13-5-7-19(8-6-13)10-12-3-4-14-15(9-12)20-16(17)18-14/h3-4,9,11,13H,5-8,10H2,1-2H3,(H2,17,18). The van der Waals surface area contributed by atoms with Crippen molar-refractivity contribution in [3.05, 3.63) is 23.8 Å². The SMILES string of the molecule is CC(C)C1CCN(Cc2ccc3nc(N)sc3c2)CC1. The topological polar surface area (TPSA) is 42.2 Å². The van der Waals surface area contributed by atoms with Gasteiger partial charge in [-0.15, -0.1) is 0 Å². The maximum atomic E-state index is 5.77. The highest BCUT2D eigenvalue weighted by molar-refractivity contribution is 7.22. The van der Waals surface area contributed by atoms with Gasteiger partial charge in [0, 0.05) is 6.54 Å². The van der Waals surface area contributed by atoms with Crippen molar-refractivity contribution in [1.29, 1.82) is 0 Å². The van der Waals surface area contributed by atoms with Crippen LogP contribution in [-0.4, -0.2) is 23.0 Å². The second kappa shape index (κ2) is 5.70. The van der Waals surface area contributed by atoms with Crippen molar-refractivity contribution in [1.82, 2.24) is 9.88 Å². The Bertz CT molecular complexity index is 582. The van der Waals surface area contributed by atoms with E-state index < -0.39 is 0 Å². The molecule has 2 N–H and O–H groups in total. The highest BCUT2D eigenvalue weighted by Gasteiger charge is 2.21. The summed E-state index contributed by atoms with van der Waals surface area (Å²) in [4.78, 5) is 6.89. The lowest BCUT2D eigenvalue weighted by Crippen LogP contribution is -2.34. The van der Waals surface area contributed by atoms with Crippen LogP contribution in [0.5, 0.6) is 0 Å². The van der Waals surface area contributed by atoms with Gasteiger partial charge < -0.3 is 5.73 Å². The van der Waals surface area contributed by atoms with Gasteiger partial charge in [-0.25, -0.2) is 4.98 Å². The summed E-state index contributed by atoms with van der Waals surface area (Å²) in [5.41, 5.74) is 8.17. The van der Waals surface area contributed by atoms with Gasteiger partial charge in [-0.2, -0.15) is 0 Å². The Morgan fingerprint density at radius 1 is 1.35 bits per heavy atom. The molecule has 0 amide bonds. The normalized spacial score (nSPS) is 18.1. The van der Waals surface area contributed by atoms with Crippen LogP contribution in [-0.2, 0) is 6.54 Å². The van der Waals surface area contributed by atoms with Crippen molar-refractivity contribution in [3.8, 4) is 0 Å². The molecule has 0 unspecified atom stereocenters. The maximum Gasteiger partial charge on any atom is 0.181 e. The number of hydrogen-bond donors (Lipinski definition) is 1. The zero-order valence-corrected chi connectivity index (χ0v) is 13.1. The summed E-state index contributed by atoms with van der Waals surface area (Å²) in [7, 11) is 0. The summed E-state index contributed by atoms with van der Waals surface area (Å²) in [6.45, 7) is 8.21. The number of rotatable bonds is 3. The molecule has 0 spiro atoms. The fraction of sp³-hybridized carbons (Fsp3) is 0.562. The van der Waals surface area contributed by atoms with Crippen LogP contribution in [0.4, 0.5) is 5.13 Å². The van der Waals surface area contributed by atoms with Crippen LogP contribution in [0.1, 0.15) is 32.3 Å². The van der Waals surface area contributed by atoms with Gasteiger partial charge in [-0.05, 0) is 55.5 Å². The number of hydrogen-bond acceptors (Lipinski definition) is 4. The lowest BCUT2D eigenvalue weighted by molar-refractivity contribution is 0.152. The second-order valence-electron chi connectivity index (χ2n) is 6.21. The van der Waals surface area contributed by atoms with E-state index in [4.69, 9.17) is 5.73 Å². The van der Waals surface area contributed by atoms with Crippen molar-refractivity contribution in [3.63, 3.8) is 0 Å². The Balaban J connectivity index is 1.65. The molecule has 108 valence electrons. The Hall–Kier alpha value is -1.13. The summed E-state index contributed by atoms with van der Waals surface area (Å²) in [6.07, 6.45) is 2.68. The van der Waals surface area contributed by atoms with E-state index in [1.807, 2.05) is 0 Å². The van der Waals surface area contributed by atoms with Crippen LogP contribution in [0, 0.1) is 11.8 Å². The largest absolute Gasteiger partial charge is 0.375 e. The third kappa shape index (κ3) is 2.96. The summed E-state index contributed by atoms with van der Waals surface area (Å²) in [5.74, 6) is 1.74. The smallest absolute Gasteiger partial charge is 0.181 e. The minimum absolute atomic E-state index is 0.662. The van der Waals surface area contributed by atoms with Crippen LogP contribution < -0.4 is 5.73 Å². The first-order valence-electron chi connectivity index (χ1n) is 7.49. The van der Waals surface area contributed by atoms with Crippen molar-refractivity contribution in [2.45, 2.75) is 33.2 Å². The quantitative estimate of drug-likeness (QED) is 0.935. The number of fused-ring (bicyclic) bond motifs is 1. The van der Waals surface area contributed by atoms with E-state index in [0.29, 0.717) is 5.13 Å². The molecule has 2 heterocycles. The molecule has 0 radical (unpaired) electrons. The molecule has 1 aromatic heterocycles. The Labute approximate surface area is 124 Å². The zero-order valence-electron chi connectivity index (χ0n) is 12.3. The van der Waals surface area contributed by atoms with Gasteiger partial charge in [-0.1, -0.05) is 31.3 Å². The van der Waals surface area contributed by atoms with Crippen LogP contribution >= 0.6 is 11.3 Å². The molecular formula is C16H23N3S. The fourth-order valence-electron chi connectivity index (χ4n) is 3.12. The Morgan fingerprint density at radius 3 is 2.80 bits per heavy atom. The molecule has 3 nitrogen and oxygen atoms in total. The third-order valence-electron chi connectivity index (χ3n) is 4.45. The van der Waals surface area contributed by atoms with Gasteiger partial charge in [0.15, 0.2) is 5.13 Å². The molecular weight excluding hydrogens is 266 g/mol. The van der Waals surface area contributed by atoms with Crippen LogP contribution in [0.2, 0.25) is 0 Å². The first-order chi connectivity index (χ1) is 9.61. The Morgan fingerprint density at radius 2 is 2.10 bits per heavy atom. The molecule has 1 saturated heterocycles. The van der Waals surface area contributed by atoms with Crippen molar-refractivity contribution >= 4 is 26.7 Å². The van der Waals surface area contributed by atoms with E-state index in [-0.39, 0.29) is 0 Å². The monoisotopic (exact) mass is 289 g/mol. The highest BCUT2D eigenvalue weighted by atomic mass is 32.1. The number of piperidine rings is 1. The number of likely N-dealkylation sites (tertiary alicyclic amines) is 1. The number of nitrogen functional groups attached to an aromatic ring is 1. The molecule has 0 atom stereocenters. The summed E-state index contributed by atoms with van der Waals surface area (Å²) in [6, 6.07) is 6.53. The lowest BCUT2D eigenvalue weighted by Gasteiger charge is -2.33. The molecule has 3 rings (SSSR count). The fourth-order valence-corrected chi connectivity index (χ4v) is 3.92. The van der Waals surface area contributed by atoms with Crippen molar-refractivity contribution < 1.29 is 0 Å². The minimum Gasteiger partial charge on any atom is -0.375 e. The highest BCUT2D eigenvalue weighted by Crippen LogP contribution is 2.27. The number of anilines is 1. The number of thiazole rings is 1. The van der Waals surface area contributed by atoms with E-state index >= 15 is 0 Å². The molecule has 4 heteroatoms. The Kier molecular flexibility index (Phi) is 3.94. The van der Waals surface area contributed by atoms with Gasteiger partial charge in [0.05, 0.1) is 10.2 Å². The van der Waals surface area contributed by atoms with Crippen LogP contribution in [0.25, 0.3) is 10.2 Å². The number of nitrogens with two attached hydrogens (primary N) is 1. The van der Waals surface area contributed by atoms with E-state index in [0.717, 1.165) is 23.9 Å². The predicted molar refractivity (Wildman–Crippen MR) is 86.9 cm³/mol. The molecule has 1 aliphatic heterocycles. The minimum atomic E-state index is 0.662. The molecule has 1 aliphatic rings. The van der Waals surface area contributed by atoms with Crippen LogP contribution in [0.3, 0.4) is 0 Å². The zero-order chi connectivity index (χ0) is 14.1. The average molecular weight is 289 g/mol. The number of aromatic nitrogens is 1.